The average molecular weight is 1030 g/mol. The van der Waals surface area contributed by atoms with E-state index in [1.54, 1.807) is 0 Å². The molecule has 0 bridgehead atoms. The Morgan fingerprint density at radius 1 is 0.416 bits per heavy atom. The van der Waals surface area contributed by atoms with E-state index in [4.69, 9.17) is 0 Å². The third-order valence-electron chi connectivity index (χ3n) is 17.0. The first-order valence-electron chi connectivity index (χ1n) is 28.0. The van der Waals surface area contributed by atoms with Crippen LogP contribution in [-0.4, -0.2) is 11.3 Å². The fourth-order valence-electron chi connectivity index (χ4n) is 12.4. The summed E-state index contributed by atoms with van der Waals surface area (Å²) in [5.74, 6) is 0. The van der Waals surface area contributed by atoms with Crippen LogP contribution in [0.5, 0.6) is 0 Å². The third-order valence-corrected chi connectivity index (χ3v) is 18.2. The van der Waals surface area contributed by atoms with Crippen molar-refractivity contribution in [1.29, 1.82) is 0 Å². The van der Waals surface area contributed by atoms with Gasteiger partial charge in [-0.2, -0.15) is 0 Å². The first kappa shape index (κ1) is 51.0. The molecule has 2 aliphatic rings. The normalized spacial score (nSPS) is 13.7. The minimum absolute atomic E-state index is 0.0135. The Kier molecular flexibility index (Phi) is 11.5. The van der Waals surface area contributed by atoms with E-state index in [1.807, 2.05) is 11.3 Å². The molecule has 10 aromatic rings. The summed E-state index contributed by atoms with van der Waals surface area (Å²) in [6.07, 6.45) is 0. The van der Waals surface area contributed by atoms with Crippen molar-refractivity contribution in [3.63, 3.8) is 0 Å². The van der Waals surface area contributed by atoms with Crippen molar-refractivity contribution in [1.82, 2.24) is 4.57 Å². The fraction of sp³-hybridized carbons (Fsp3) is 0.306. The molecule has 0 unspecified atom stereocenters. The van der Waals surface area contributed by atoms with Crippen LogP contribution in [0.1, 0.15) is 143 Å². The van der Waals surface area contributed by atoms with E-state index in [-0.39, 0.29) is 33.8 Å². The molecule has 0 fully saturated rings. The standard InChI is InChI=1S/C72H76BN3S/c1-43-35-46(68(3,4)5)27-32-57(43)74(58-33-28-47(36-44(58)2)69(6,7)8)51-30-31-55-60(42-51)75(59-34-29-48(70(9,10)11)37-53(59)45-23-19-18-20-24-45)61-40-50(72(15,16)17)41-62-64(61)73(55)56-39-49(71(12,13)14)38-54-65(56)76(62)66-52-25-21-22-26-63(52)77-67(54)66/h18-42H,1-17H3. The van der Waals surface area contributed by atoms with E-state index in [9.17, 15) is 0 Å². The second-order valence-electron chi connectivity index (χ2n) is 27.7. The van der Waals surface area contributed by atoms with Crippen molar-refractivity contribution in [3.8, 4) is 16.8 Å². The number of aromatic nitrogens is 1. The van der Waals surface area contributed by atoms with E-state index in [0.717, 1.165) is 5.69 Å². The highest BCUT2D eigenvalue weighted by atomic mass is 32.1. The summed E-state index contributed by atoms with van der Waals surface area (Å²) >= 11 is 1.95. The molecule has 0 spiro atoms. The van der Waals surface area contributed by atoms with E-state index in [1.165, 1.54) is 132 Å². The number of hydrogen-bond acceptors (Lipinski definition) is 3. The predicted octanol–water partition coefficient (Wildman–Crippen LogP) is 18.9. The quantitative estimate of drug-likeness (QED) is 0.159. The summed E-state index contributed by atoms with van der Waals surface area (Å²) in [5, 5.41) is 2.68. The number of benzene rings is 8. The fourth-order valence-corrected chi connectivity index (χ4v) is 13.6. The van der Waals surface area contributed by atoms with Gasteiger partial charge in [-0.1, -0.05) is 195 Å². The molecule has 5 heteroatoms. The topological polar surface area (TPSA) is 11.4 Å². The van der Waals surface area contributed by atoms with Crippen LogP contribution in [0.25, 0.3) is 48.0 Å². The van der Waals surface area contributed by atoms with E-state index in [2.05, 4.69) is 284 Å². The van der Waals surface area contributed by atoms with Gasteiger partial charge in [0.05, 0.1) is 21.4 Å². The summed E-state index contributed by atoms with van der Waals surface area (Å²) in [6.45, 7) is 39.8. The van der Waals surface area contributed by atoms with E-state index < -0.39 is 0 Å². The highest BCUT2D eigenvalue weighted by Crippen LogP contribution is 2.51. The third kappa shape index (κ3) is 8.28. The van der Waals surface area contributed by atoms with Crippen molar-refractivity contribution < 1.29 is 0 Å². The molecule has 0 saturated heterocycles. The monoisotopic (exact) mass is 1030 g/mol. The molecular formula is C72H76BN3S. The summed E-state index contributed by atoms with van der Waals surface area (Å²) in [6, 6.07) is 59.6. The highest BCUT2D eigenvalue weighted by Gasteiger charge is 2.45. The minimum atomic E-state index is -0.157. The lowest BCUT2D eigenvalue weighted by Crippen LogP contribution is -2.60. The Balaban J connectivity index is 1.24. The number of anilines is 6. The van der Waals surface area contributed by atoms with Gasteiger partial charge in [0.25, 0.3) is 6.71 Å². The first-order valence-corrected chi connectivity index (χ1v) is 28.9. The molecule has 2 aromatic heterocycles. The van der Waals surface area contributed by atoms with Gasteiger partial charge in [0, 0.05) is 55.2 Å². The smallest absolute Gasteiger partial charge is 0.252 e. The van der Waals surface area contributed by atoms with Crippen LogP contribution in [0.3, 0.4) is 0 Å². The van der Waals surface area contributed by atoms with Crippen LogP contribution in [0.4, 0.5) is 34.1 Å². The van der Waals surface area contributed by atoms with Gasteiger partial charge in [-0.25, -0.2) is 0 Å². The maximum Gasteiger partial charge on any atom is 0.252 e. The lowest BCUT2D eigenvalue weighted by molar-refractivity contribution is 0.589. The van der Waals surface area contributed by atoms with Crippen LogP contribution >= 0.6 is 11.3 Å². The number of hydrogen-bond donors (Lipinski definition) is 0. The molecule has 3 nitrogen and oxygen atoms in total. The Morgan fingerprint density at radius 2 is 0.961 bits per heavy atom. The van der Waals surface area contributed by atoms with Gasteiger partial charge >= 0.3 is 0 Å². The molecule has 0 aliphatic carbocycles. The minimum Gasteiger partial charge on any atom is -0.311 e. The van der Waals surface area contributed by atoms with Crippen molar-refractivity contribution in [3.05, 3.63) is 191 Å². The number of thiophene rings is 1. The average Bonchev–Trinajstić information content (AvgIpc) is 4.14. The van der Waals surface area contributed by atoms with Gasteiger partial charge in [-0.05, 0) is 162 Å². The Labute approximate surface area is 463 Å². The zero-order valence-corrected chi connectivity index (χ0v) is 49.6. The van der Waals surface area contributed by atoms with Gasteiger partial charge in [-0.15, -0.1) is 11.3 Å². The Hall–Kier alpha value is -6.82. The second kappa shape index (κ2) is 17.3. The first-order chi connectivity index (χ1) is 36.2. The highest BCUT2D eigenvalue weighted by molar-refractivity contribution is 7.26. The summed E-state index contributed by atoms with van der Waals surface area (Å²) in [7, 11) is 0. The predicted molar refractivity (Wildman–Crippen MR) is 339 cm³/mol. The Bertz CT molecular complexity index is 3970. The molecule has 8 aromatic carbocycles. The number of nitrogens with zero attached hydrogens (tertiary/aromatic N) is 3. The molecular weight excluding hydrogens is 950 g/mol. The SMILES string of the molecule is Cc1cc(C(C)(C)C)ccc1N(c1ccc2c(c1)N(c1ccc(C(C)(C)C)cc1-c1ccccc1)c1cc(C(C)(C)C)cc3c1B2c1cc(C(C)(C)C)cc2c4sc5ccccc5c4n-3c12)c1ccc(C(C)(C)C)cc1C. The van der Waals surface area contributed by atoms with Crippen LogP contribution in [0.2, 0.25) is 0 Å². The Morgan fingerprint density at radius 3 is 1.56 bits per heavy atom. The summed E-state index contributed by atoms with van der Waals surface area (Å²) in [4.78, 5) is 5.24. The molecule has 0 amide bonds. The van der Waals surface area contributed by atoms with Gasteiger partial charge in [0.2, 0.25) is 0 Å². The lowest BCUT2D eigenvalue weighted by atomic mass is 9.33. The maximum absolute atomic E-state index is 2.70. The second-order valence-corrected chi connectivity index (χ2v) is 28.8. The largest absolute Gasteiger partial charge is 0.311 e. The number of fused-ring (bicyclic) bond motifs is 9. The molecule has 0 radical (unpaired) electrons. The molecule has 0 atom stereocenters. The molecule has 388 valence electrons. The molecule has 0 N–H and O–H groups in total. The van der Waals surface area contributed by atoms with Crippen LogP contribution in [0, 0.1) is 13.8 Å². The van der Waals surface area contributed by atoms with Gasteiger partial charge < -0.3 is 14.4 Å². The van der Waals surface area contributed by atoms with Crippen molar-refractivity contribution in [2.75, 3.05) is 9.80 Å². The van der Waals surface area contributed by atoms with Crippen molar-refractivity contribution >= 4 is 99.8 Å². The molecule has 2 aliphatic heterocycles. The van der Waals surface area contributed by atoms with Gasteiger partial charge in [-0.3, -0.25) is 0 Å². The van der Waals surface area contributed by atoms with Gasteiger partial charge in [0.15, 0.2) is 0 Å². The van der Waals surface area contributed by atoms with Crippen LogP contribution in [0.15, 0.2) is 152 Å². The zero-order chi connectivity index (χ0) is 54.6. The van der Waals surface area contributed by atoms with Crippen molar-refractivity contribution in [2.24, 2.45) is 0 Å². The van der Waals surface area contributed by atoms with Crippen LogP contribution < -0.4 is 26.2 Å². The molecule has 4 heterocycles. The summed E-state index contributed by atoms with van der Waals surface area (Å²) in [5.41, 5.74) is 26.5. The number of aryl methyl sites for hydroxylation is 2. The summed E-state index contributed by atoms with van der Waals surface area (Å²) < 4.78 is 5.40. The van der Waals surface area contributed by atoms with Gasteiger partial charge in [0.1, 0.15) is 0 Å². The lowest BCUT2D eigenvalue weighted by Gasteiger charge is -2.43. The zero-order valence-electron chi connectivity index (χ0n) is 48.8. The number of rotatable bonds is 5. The van der Waals surface area contributed by atoms with E-state index in [0.29, 0.717) is 0 Å². The molecule has 0 saturated carbocycles. The van der Waals surface area contributed by atoms with Crippen molar-refractivity contribution in [2.45, 2.75) is 145 Å². The molecule has 12 rings (SSSR count). The molecule has 77 heavy (non-hydrogen) atoms. The maximum atomic E-state index is 2.70. The van der Waals surface area contributed by atoms with E-state index >= 15 is 0 Å². The van der Waals surface area contributed by atoms with Crippen LogP contribution in [-0.2, 0) is 27.1 Å².